The van der Waals surface area contributed by atoms with Gasteiger partial charge in [0.1, 0.15) is 22.3 Å². The monoisotopic (exact) mass is 799 g/mol. The quantitative estimate of drug-likeness (QED) is 0.174. The molecule has 0 saturated heterocycles. The molecule has 1 aliphatic carbocycles. The van der Waals surface area contributed by atoms with Gasteiger partial charge >= 0.3 is 0 Å². The van der Waals surface area contributed by atoms with Crippen LogP contribution in [0.3, 0.4) is 0 Å². The molecular formula is C57H37NO2S. The summed E-state index contributed by atoms with van der Waals surface area (Å²) in [7, 11) is 0. The lowest BCUT2D eigenvalue weighted by molar-refractivity contribution is 0.660. The Morgan fingerprint density at radius 3 is 2.00 bits per heavy atom. The fraction of sp³-hybridized carbons (Fsp3) is 0.0526. The number of furan rings is 2. The Labute approximate surface area is 356 Å². The van der Waals surface area contributed by atoms with E-state index in [1.807, 2.05) is 17.4 Å². The summed E-state index contributed by atoms with van der Waals surface area (Å²) in [5, 5.41) is 6.73. The van der Waals surface area contributed by atoms with Crippen molar-refractivity contribution < 1.29 is 8.83 Å². The molecule has 9 aromatic carbocycles. The molecule has 3 aromatic heterocycles. The minimum atomic E-state index is -0.154. The number of thiophene rings is 1. The maximum atomic E-state index is 7.21. The average Bonchev–Trinajstić information content (AvgIpc) is 4.05. The largest absolute Gasteiger partial charge is 0.456 e. The zero-order valence-electron chi connectivity index (χ0n) is 33.6. The summed E-state index contributed by atoms with van der Waals surface area (Å²) < 4.78 is 16.5. The summed E-state index contributed by atoms with van der Waals surface area (Å²) in [4.78, 5) is 2.43. The lowest BCUT2D eigenvalue weighted by Crippen LogP contribution is -2.14. The van der Waals surface area contributed by atoms with E-state index in [2.05, 4.69) is 201 Å². The first-order valence-electron chi connectivity index (χ1n) is 20.9. The van der Waals surface area contributed by atoms with Gasteiger partial charge in [-0.1, -0.05) is 147 Å². The lowest BCUT2D eigenvalue weighted by atomic mass is 9.81. The van der Waals surface area contributed by atoms with Crippen molar-refractivity contribution in [2.75, 3.05) is 4.90 Å². The van der Waals surface area contributed by atoms with Gasteiger partial charge in [-0.25, -0.2) is 0 Å². The van der Waals surface area contributed by atoms with E-state index in [0.29, 0.717) is 0 Å². The molecule has 0 saturated carbocycles. The second-order valence-corrected chi connectivity index (χ2v) is 17.8. The maximum Gasteiger partial charge on any atom is 0.144 e. The Kier molecular flexibility index (Phi) is 7.23. The molecule has 0 N–H and O–H groups in total. The number of rotatable bonds is 5. The van der Waals surface area contributed by atoms with Gasteiger partial charge in [0.15, 0.2) is 0 Å². The van der Waals surface area contributed by atoms with Crippen LogP contribution in [0.2, 0.25) is 0 Å². The van der Waals surface area contributed by atoms with Crippen LogP contribution < -0.4 is 4.90 Å². The number of anilines is 3. The molecule has 0 amide bonds. The van der Waals surface area contributed by atoms with Crippen LogP contribution in [0.4, 0.5) is 17.1 Å². The normalized spacial score (nSPS) is 13.2. The summed E-state index contributed by atoms with van der Waals surface area (Å²) in [5.41, 5.74) is 16.3. The summed E-state index contributed by atoms with van der Waals surface area (Å²) >= 11 is 1.85. The minimum absolute atomic E-state index is 0.154. The van der Waals surface area contributed by atoms with Crippen LogP contribution in [-0.4, -0.2) is 0 Å². The number of hydrogen-bond donors (Lipinski definition) is 0. The smallest absolute Gasteiger partial charge is 0.144 e. The van der Waals surface area contributed by atoms with Crippen LogP contribution in [-0.2, 0) is 5.41 Å². The van der Waals surface area contributed by atoms with Crippen LogP contribution in [0.25, 0.3) is 97.4 Å². The third kappa shape index (κ3) is 4.97. The Hall–Kier alpha value is -7.40. The van der Waals surface area contributed by atoms with Crippen molar-refractivity contribution in [2.24, 2.45) is 0 Å². The van der Waals surface area contributed by atoms with Gasteiger partial charge in [-0.3, -0.25) is 0 Å². The van der Waals surface area contributed by atoms with Crippen LogP contribution >= 0.6 is 11.3 Å². The predicted molar refractivity (Wildman–Crippen MR) is 257 cm³/mol. The van der Waals surface area contributed by atoms with Gasteiger partial charge in [0, 0.05) is 48.3 Å². The molecule has 0 aliphatic heterocycles. The highest BCUT2D eigenvalue weighted by molar-refractivity contribution is 7.26. The van der Waals surface area contributed by atoms with Crippen molar-refractivity contribution in [1.29, 1.82) is 0 Å². The van der Waals surface area contributed by atoms with Gasteiger partial charge in [-0.15, -0.1) is 11.3 Å². The molecular weight excluding hydrogens is 763 g/mol. The second kappa shape index (κ2) is 12.8. The van der Waals surface area contributed by atoms with Crippen molar-refractivity contribution in [1.82, 2.24) is 0 Å². The summed E-state index contributed by atoms with van der Waals surface area (Å²) in [6.07, 6.45) is 0. The first kappa shape index (κ1) is 34.5. The van der Waals surface area contributed by atoms with E-state index in [1.54, 1.807) is 0 Å². The summed E-state index contributed by atoms with van der Waals surface area (Å²) in [5.74, 6) is 0. The molecule has 13 rings (SSSR count). The van der Waals surface area contributed by atoms with E-state index in [1.165, 1.54) is 53.6 Å². The third-order valence-electron chi connectivity index (χ3n) is 13.1. The highest BCUT2D eigenvalue weighted by Gasteiger charge is 2.36. The van der Waals surface area contributed by atoms with Crippen molar-refractivity contribution in [3.05, 3.63) is 199 Å². The SMILES string of the molecule is CC1(C)c2ccccc2-c2ccc(-c3c4oc5cccc(N(c6ccc(-c7ccccc7)cc6)c6cccc7c6sc6ccccc67)c5c4cc4oc5ccccc5c34)cc21. The zero-order valence-corrected chi connectivity index (χ0v) is 34.4. The third-order valence-corrected chi connectivity index (χ3v) is 14.3. The van der Waals surface area contributed by atoms with Gasteiger partial charge in [-0.2, -0.15) is 0 Å². The molecule has 0 spiro atoms. The van der Waals surface area contributed by atoms with Crippen molar-refractivity contribution >= 4 is 92.4 Å². The molecule has 4 heteroatoms. The van der Waals surface area contributed by atoms with Crippen molar-refractivity contribution in [2.45, 2.75) is 19.3 Å². The maximum absolute atomic E-state index is 7.21. The van der Waals surface area contributed by atoms with Crippen molar-refractivity contribution in [3.63, 3.8) is 0 Å². The van der Waals surface area contributed by atoms with E-state index < -0.39 is 0 Å². The van der Waals surface area contributed by atoms with Crippen LogP contribution in [0.1, 0.15) is 25.0 Å². The molecule has 0 bridgehead atoms. The van der Waals surface area contributed by atoms with E-state index in [4.69, 9.17) is 8.83 Å². The molecule has 61 heavy (non-hydrogen) atoms. The highest BCUT2D eigenvalue weighted by atomic mass is 32.1. The number of nitrogens with zero attached hydrogens (tertiary/aromatic N) is 1. The number of fused-ring (bicyclic) bond motifs is 12. The minimum Gasteiger partial charge on any atom is -0.456 e. The number of benzene rings is 9. The molecule has 12 aromatic rings. The summed E-state index contributed by atoms with van der Waals surface area (Å²) in [6.45, 7) is 4.69. The fourth-order valence-corrected chi connectivity index (χ4v) is 11.4. The van der Waals surface area contributed by atoms with Gasteiger partial charge in [0.25, 0.3) is 0 Å². The highest BCUT2D eigenvalue weighted by Crippen LogP contribution is 2.53. The Morgan fingerprint density at radius 2 is 1.11 bits per heavy atom. The first-order chi connectivity index (χ1) is 30.0. The van der Waals surface area contributed by atoms with Crippen LogP contribution in [0.15, 0.2) is 197 Å². The van der Waals surface area contributed by atoms with Crippen molar-refractivity contribution in [3.8, 4) is 33.4 Å². The molecule has 0 unspecified atom stereocenters. The standard InChI is InChI=1S/C57H37NO2S/c1-57(2)44-20-9-6-16-38(44)39-31-28-36(32-45(39)57)52-54-42-18-7-10-23-48(42)59-50(54)33-43-53-46(21-13-24-49(53)60-55(43)52)58(37-29-26-35(27-30-37)34-14-4-3-5-15-34)47-22-12-19-41-40-17-8-11-25-51(40)61-56(41)47/h3-33H,1-2H3. The Bertz CT molecular complexity index is 3740. The topological polar surface area (TPSA) is 29.5 Å². The molecule has 0 radical (unpaired) electrons. The molecule has 0 fully saturated rings. The van der Waals surface area contributed by atoms with Gasteiger partial charge in [0.05, 0.1) is 21.5 Å². The lowest BCUT2D eigenvalue weighted by Gasteiger charge is -2.27. The molecule has 288 valence electrons. The predicted octanol–water partition coefficient (Wildman–Crippen LogP) is 17.0. The molecule has 3 nitrogen and oxygen atoms in total. The van der Waals surface area contributed by atoms with Gasteiger partial charge in [0.2, 0.25) is 0 Å². The Balaban J connectivity index is 1.11. The molecule has 3 heterocycles. The average molecular weight is 800 g/mol. The van der Waals surface area contributed by atoms with E-state index in [-0.39, 0.29) is 5.41 Å². The van der Waals surface area contributed by atoms with E-state index >= 15 is 0 Å². The zero-order chi connectivity index (χ0) is 40.4. The van der Waals surface area contributed by atoms with Gasteiger partial charge in [-0.05, 0) is 93.5 Å². The molecule has 1 aliphatic rings. The van der Waals surface area contributed by atoms with Crippen LogP contribution in [0.5, 0.6) is 0 Å². The molecule has 0 atom stereocenters. The number of para-hydroxylation sites is 1. The fourth-order valence-electron chi connectivity index (χ4n) is 10.2. The summed E-state index contributed by atoms with van der Waals surface area (Å²) in [6, 6.07) is 67.9. The number of hydrogen-bond acceptors (Lipinski definition) is 4. The van der Waals surface area contributed by atoms with Gasteiger partial charge < -0.3 is 13.7 Å². The van der Waals surface area contributed by atoms with Crippen LogP contribution in [0, 0.1) is 0 Å². The second-order valence-electron chi connectivity index (χ2n) is 16.8. The van der Waals surface area contributed by atoms with E-state index in [0.717, 1.165) is 72.1 Å². The first-order valence-corrected chi connectivity index (χ1v) is 21.7. The van der Waals surface area contributed by atoms with E-state index in [9.17, 15) is 0 Å². The Morgan fingerprint density at radius 1 is 0.443 bits per heavy atom.